The van der Waals surface area contributed by atoms with Gasteiger partial charge >= 0.3 is 5.97 Å². The fourth-order valence-corrected chi connectivity index (χ4v) is 3.17. The molecule has 26 heavy (non-hydrogen) atoms. The van der Waals surface area contributed by atoms with Gasteiger partial charge in [-0.2, -0.15) is 0 Å². The fourth-order valence-electron chi connectivity index (χ4n) is 3.02. The third-order valence-corrected chi connectivity index (χ3v) is 4.76. The van der Waals surface area contributed by atoms with Crippen LogP contribution in [0.1, 0.15) is 27.2 Å². The van der Waals surface area contributed by atoms with Gasteiger partial charge in [0.1, 0.15) is 5.75 Å². The molecule has 0 aliphatic heterocycles. The molecule has 0 bridgehead atoms. The van der Waals surface area contributed by atoms with Gasteiger partial charge in [0, 0.05) is 16.6 Å². The van der Waals surface area contributed by atoms with Crippen LogP contribution in [-0.4, -0.2) is 28.7 Å². The van der Waals surface area contributed by atoms with Crippen LogP contribution < -0.4 is 0 Å². The molecule has 3 rings (SSSR count). The zero-order valence-corrected chi connectivity index (χ0v) is 15.4. The van der Waals surface area contributed by atoms with Gasteiger partial charge in [0.15, 0.2) is 0 Å². The highest BCUT2D eigenvalue weighted by Crippen LogP contribution is 2.35. The van der Waals surface area contributed by atoms with Crippen molar-refractivity contribution in [3.05, 3.63) is 63.8 Å². The summed E-state index contributed by atoms with van der Waals surface area (Å²) in [5, 5.41) is 10.7. The van der Waals surface area contributed by atoms with E-state index >= 15 is 0 Å². The predicted molar refractivity (Wildman–Crippen MR) is 100.0 cm³/mol. The molecular formula is C20H18ClNO4. The number of ether oxygens (including phenoxy) is 1. The van der Waals surface area contributed by atoms with Gasteiger partial charge < -0.3 is 9.84 Å². The number of methoxy groups -OCH3 is 1. The van der Waals surface area contributed by atoms with E-state index < -0.39 is 5.97 Å². The molecule has 2 aromatic carbocycles. The van der Waals surface area contributed by atoms with Crippen molar-refractivity contribution in [2.24, 2.45) is 0 Å². The van der Waals surface area contributed by atoms with E-state index in [2.05, 4.69) is 0 Å². The standard InChI is InChI=1S/C20H18ClNO4/c1-11-4-6-13(7-5-11)20(25)22-12(2)14(9-19(24)26-3)15-8-18(23)16(21)10-17(15)22/h4-8,10,23H,9H2,1-3H3. The number of phenolic OH excluding ortho intramolecular Hbond substituents is 1. The summed E-state index contributed by atoms with van der Waals surface area (Å²) in [5.41, 5.74) is 3.34. The van der Waals surface area contributed by atoms with Gasteiger partial charge in [-0.1, -0.05) is 29.3 Å². The summed E-state index contributed by atoms with van der Waals surface area (Å²) >= 11 is 6.06. The lowest BCUT2D eigenvalue weighted by atomic mass is 10.1. The first kappa shape index (κ1) is 18.0. The second-order valence-electron chi connectivity index (χ2n) is 6.14. The Hall–Kier alpha value is -2.79. The van der Waals surface area contributed by atoms with Gasteiger partial charge in [-0.3, -0.25) is 14.2 Å². The zero-order chi connectivity index (χ0) is 19.0. The smallest absolute Gasteiger partial charge is 0.310 e. The van der Waals surface area contributed by atoms with Crippen molar-refractivity contribution in [3.8, 4) is 5.75 Å². The Balaban J connectivity index is 2.25. The van der Waals surface area contributed by atoms with Crippen LogP contribution in [0.3, 0.4) is 0 Å². The molecule has 0 aliphatic rings. The lowest BCUT2D eigenvalue weighted by molar-refractivity contribution is -0.139. The van der Waals surface area contributed by atoms with E-state index in [0.717, 1.165) is 5.56 Å². The van der Waals surface area contributed by atoms with Gasteiger partial charge in [0.25, 0.3) is 5.91 Å². The number of nitrogens with zero attached hydrogens (tertiary/aromatic N) is 1. The summed E-state index contributed by atoms with van der Waals surface area (Å²) in [6.45, 7) is 3.71. The highest BCUT2D eigenvalue weighted by Gasteiger charge is 2.23. The quantitative estimate of drug-likeness (QED) is 0.706. The number of aryl methyl sites for hydroxylation is 1. The van der Waals surface area contributed by atoms with Crippen LogP contribution in [0, 0.1) is 13.8 Å². The molecule has 0 atom stereocenters. The Labute approximate surface area is 155 Å². The second kappa shape index (κ2) is 6.84. The van der Waals surface area contributed by atoms with Crippen molar-refractivity contribution in [3.63, 3.8) is 0 Å². The van der Waals surface area contributed by atoms with E-state index in [9.17, 15) is 14.7 Å². The zero-order valence-electron chi connectivity index (χ0n) is 14.7. The lowest BCUT2D eigenvalue weighted by Gasteiger charge is -2.08. The van der Waals surface area contributed by atoms with Gasteiger partial charge in [-0.25, -0.2) is 0 Å². The Morgan fingerprint density at radius 3 is 2.42 bits per heavy atom. The molecule has 0 fully saturated rings. The number of benzene rings is 2. The summed E-state index contributed by atoms with van der Waals surface area (Å²) in [7, 11) is 1.31. The molecule has 1 N–H and O–H groups in total. The minimum absolute atomic E-state index is 0.00587. The number of aromatic nitrogens is 1. The molecule has 3 aromatic rings. The van der Waals surface area contributed by atoms with Gasteiger partial charge in [0.05, 0.1) is 24.1 Å². The third-order valence-electron chi connectivity index (χ3n) is 4.45. The van der Waals surface area contributed by atoms with Gasteiger partial charge in [0.2, 0.25) is 0 Å². The van der Waals surface area contributed by atoms with Crippen LogP contribution in [0.4, 0.5) is 0 Å². The number of halogens is 1. The summed E-state index contributed by atoms with van der Waals surface area (Å²) in [4.78, 5) is 24.9. The number of hydrogen-bond acceptors (Lipinski definition) is 4. The van der Waals surface area contributed by atoms with E-state index in [1.807, 2.05) is 19.1 Å². The largest absolute Gasteiger partial charge is 0.506 e. The Kier molecular flexibility index (Phi) is 4.74. The maximum Gasteiger partial charge on any atom is 0.310 e. The Bertz CT molecular complexity index is 1020. The Morgan fingerprint density at radius 1 is 1.15 bits per heavy atom. The average molecular weight is 372 g/mol. The highest BCUT2D eigenvalue weighted by molar-refractivity contribution is 6.33. The third kappa shape index (κ3) is 3.06. The number of esters is 1. The monoisotopic (exact) mass is 371 g/mol. The van der Waals surface area contributed by atoms with Crippen molar-refractivity contribution in [2.75, 3.05) is 7.11 Å². The molecule has 0 amide bonds. The summed E-state index contributed by atoms with van der Waals surface area (Å²) in [5.74, 6) is -0.764. The van der Waals surface area contributed by atoms with Gasteiger partial charge in [-0.15, -0.1) is 0 Å². The molecule has 134 valence electrons. The fraction of sp³-hybridized carbons (Fsp3) is 0.200. The maximum absolute atomic E-state index is 13.1. The number of rotatable bonds is 3. The minimum Gasteiger partial charge on any atom is -0.506 e. The first-order valence-corrected chi connectivity index (χ1v) is 8.42. The molecule has 5 nitrogen and oxygen atoms in total. The first-order valence-electron chi connectivity index (χ1n) is 8.04. The van der Waals surface area contributed by atoms with Crippen LogP contribution in [0.5, 0.6) is 5.75 Å². The van der Waals surface area contributed by atoms with Crippen LogP contribution in [0.15, 0.2) is 36.4 Å². The number of fused-ring (bicyclic) bond motifs is 1. The molecule has 0 saturated carbocycles. The maximum atomic E-state index is 13.1. The topological polar surface area (TPSA) is 68.5 Å². The van der Waals surface area contributed by atoms with E-state index in [1.54, 1.807) is 19.1 Å². The molecule has 1 aromatic heterocycles. The second-order valence-corrected chi connectivity index (χ2v) is 6.55. The number of carbonyl (C=O) groups is 2. The predicted octanol–water partition coefficient (Wildman–Crippen LogP) is 4.02. The molecule has 0 saturated heterocycles. The molecule has 0 aliphatic carbocycles. The van der Waals surface area contributed by atoms with Gasteiger partial charge in [-0.05, 0) is 43.7 Å². The van der Waals surface area contributed by atoms with E-state index in [0.29, 0.717) is 27.7 Å². The van der Waals surface area contributed by atoms with E-state index in [-0.39, 0.29) is 23.1 Å². The Morgan fingerprint density at radius 2 is 1.81 bits per heavy atom. The summed E-state index contributed by atoms with van der Waals surface area (Å²) in [6.07, 6.45) is -0.00587. The van der Waals surface area contributed by atoms with Crippen molar-refractivity contribution in [2.45, 2.75) is 20.3 Å². The molecule has 0 spiro atoms. The van der Waals surface area contributed by atoms with Crippen molar-refractivity contribution >= 4 is 34.4 Å². The highest BCUT2D eigenvalue weighted by atomic mass is 35.5. The molecule has 0 radical (unpaired) electrons. The number of phenols is 1. The first-order chi connectivity index (χ1) is 12.3. The normalized spacial score (nSPS) is 10.9. The van der Waals surface area contributed by atoms with E-state index in [4.69, 9.17) is 16.3 Å². The SMILES string of the molecule is COC(=O)Cc1c(C)n(C(=O)c2ccc(C)cc2)c2cc(Cl)c(O)cc12. The molecule has 0 unspecified atom stereocenters. The number of hydrogen-bond donors (Lipinski definition) is 1. The average Bonchev–Trinajstić information content (AvgIpc) is 2.87. The van der Waals surface area contributed by atoms with Crippen LogP contribution in [-0.2, 0) is 16.0 Å². The summed E-state index contributed by atoms with van der Waals surface area (Å²) < 4.78 is 6.28. The molecule has 1 heterocycles. The van der Waals surface area contributed by atoms with Crippen molar-refractivity contribution < 1.29 is 19.4 Å². The lowest BCUT2D eigenvalue weighted by Crippen LogP contribution is -2.14. The minimum atomic E-state index is -0.427. The molecular weight excluding hydrogens is 354 g/mol. The number of aromatic hydroxyl groups is 1. The molecule has 6 heteroatoms. The van der Waals surface area contributed by atoms with E-state index in [1.165, 1.54) is 23.8 Å². The van der Waals surface area contributed by atoms with Crippen molar-refractivity contribution in [1.29, 1.82) is 0 Å². The van der Waals surface area contributed by atoms with Crippen molar-refractivity contribution in [1.82, 2.24) is 4.57 Å². The number of carbonyl (C=O) groups excluding carboxylic acids is 2. The van der Waals surface area contributed by atoms with Crippen LogP contribution >= 0.6 is 11.6 Å². The summed E-state index contributed by atoms with van der Waals surface area (Å²) in [6, 6.07) is 10.2. The van der Waals surface area contributed by atoms with Crippen LogP contribution in [0.25, 0.3) is 10.9 Å². The van der Waals surface area contributed by atoms with Crippen LogP contribution in [0.2, 0.25) is 5.02 Å².